The number of hydrogen-bond donors (Lipinski definition) is 1. The fourth-order valence-corrected chi connectivity index (χ4v) is 3.35. The van der Waals surface area contributed by atoms with Gasteiger partial charge in [0.2, 0.25) is 0 Å². The van der Waals surface area contributed by atoms with Crippen molar-refractivity contribution in [2.75, 3.05) is 46.4 Å². The molecule has 0 spiro atoms. The summed E-state index contributed by atoms with van der Waals surface area (Å²) in [5.41, 5.74) is 1.97. The number of methoxy groups -OCH3 is 1. The van der Waals surface area contributed by atoms with Crippen molar-refractivity contribution >= 4 is 11.8 Å². The van der Waals surface area contributed by atoms with Crippen LogP contribution in [0.3, 0.4) is 0 Å². The number of likely N-dealkylation sites (N-methyl/N-ethyl adjacent to an activating group) is 1. The first-order valence-electron chi connectivity index (χ1n) is 9.98. The quantitative estimate of drug-likeness (QED) is 0.773. The molecule has 0 atom stereocenters. The Kier molecular flexibility index (Phi) is 7.19. The molecule has 1 fully saturated rings. The van der Waals surface area contributed by atoms with Gasteiger partial charge in [-0.3, -0.25) is 14.6 Å². The van der Waals surface area contributed by atoms with Crippen LogP contribution in [0, 0.1) is 0 Å². The maximum Gasteiger partial charge on any atom is 0.255 e. The SMILES string of the molecule is CCN1CCN(C(=O)c2cncc(C(=O)NCCc3ccc(OC)cc3)c2)CC1. The zero-order valence-electron chi connectivity index (χ0n) is 17.1. The number of carbonyl (C=O) groups is 2. The lowest BCUT2D eigenvalue weighted by atomic mass is 10.1. The molecule has 154 valence electrons. The number of benzene rings is 1. The van der Waals surface area contributed by atoms with Crippen molar-refractivity contribution in [1.82, 2.24) is 20.1 Å². The monoisotopic (exact) mass is 396 g/mol. The Bertz CT molecular complexity index is 830. The third-order valence-electron chi connectivity index (χ3n) is 5.21. The Balaban J connectivity index is 1.54. The highest BCUT2D eigenvalue weighted by molar-refractivity contribution is 5.99. The largest absolute Gasteiger partial charge is 0.497 e. The highest BCUT2D eigenvalue weighted by atomic mass is 16.5. The molecule has 0 radical (unpaired) electrons. The highest BCUT2D eigenvalue weighted by Gasteiger charge is 2.22. The van der Waals surface area contributed by atoms with Gasteiger partial charge in [-0.1, -0.05) is 19.1 Å². The summed E-state index contributed by atoms with van der Waals surface area (Å²) in [5.74, 6) is 0.513. The van der Waals surface area contributed by atoms with Gasteiger partial charge < -0.3 is 19.9 Å². The summed E-state index contributed by atoms with van der Waals surface area (Å²) in [7, 11) is 1.63. The lowest BCUT2D eigenvalue weighted by Crippen LogP contribution is -2.48. The van der Waals surface area contributed by atoms with Gasteiger partial charge >= 0.3 is 0 Å². The normalized spacial score (nSPS) is 14.5. The first-order valence-corrected chi connectivity index (χ1v) is 9.98. The van der Waals surface area contributed by atoms with E-state index in [1.165, 1.54) is 12.4 Å². The van der Waals surface area contributed by atoms with E-state index in [2.05, 4.69) is 22.1 Å². The Morgan fingerprint density at radius 2 is 1.76 bits per heavy atom. The first-order chi connectivity index (χ1) is 14.1. The second kappa shape index (κ2) is 10.0. The van der Waals surface area contributed by atoms with Gasteiger partial charge in [0.05, 0.1) is 18.2 Å². The van der Waals surface area contributed by atoms with Crippen LogP contribution in [0.15, 0.2) is 42.7 Å². The van der Waals surface area contributed by atoms with Gasteiger partial charge in [0, 0.05) is 45.1 Å². The Morgan fingerprint density at radius 1 is 1.07 bits per heavy atom. The van der Waals surface area contributed by atoms with E-state index in [0.29, 0.717) is 37.2 Å². The third-order valence-corrected chi connectivity index (χ3v) is 5.21. The topological polar surface area (TPSA) is 74.8 Å². The molecule has 0 bridgehead atoms. The Labute approximate surface area is 171 Å². The fraction of sp³-hybridized carbons (Fsp3) is 0.409. The molecule has 3 rings (SSSR count). The van der Waals surface area contributed by atoms with Crippen molar-refractivity contribution in [2.24, 2.45) is 0 Å². The number of nitrogens with one attached hydrogen (secondary N) is 1. The minimum absolute atomic E-state index is 0.0684. The number of amides is 2. The van der Waals surface area contributed by atoms with Gasteiger partial charge in [0.25, 0.3) is 11.8 Å². The number of rotatable bonds is 7. The van der Waals surface area contributed by atoms with Crippen LogP contribution in [-0.2, 0) is 6.42 Å². The van der Waals surface area contributed by atoms with E-state index in [9.17, 15) is 9.59 Å². The van der Waals surface area contributed by atoms with E-state index in [0.717, 1.165) is 30.9 Å². The predicted octanol–water partition coefficient (Wildman–Crippen LogP) is 1.84. The van der Waals surface area contributed by atoms with Gasteiger partial charge in [-0.15, -0.1) is 0 Å². The van der Waals surface area contributed by atoms with Crippen molar-refractivity contribution in [2.45, 2.75) is 13.3 Å². The highest BCUT2D eigenvalue weighted by Crippen LogP contribution is 2.12. The number of piperazine rings is 1. The summed E-state index contributed by atoms with van der Waals surface area (Å²) < 4.78 is 5.14. The summed E-state index contributed by atoms with van der Waals surface area (Å²) in [6.45, 7) is 6.77. The summed E-state index contributed by atoms with van der Waals surface area (Å²) >= 11 is 0. The van der Waals surface area contributed by atoms with Crippen molar-refractivity contribution < 1.29 is 14.3 Å². The van der Waals surface area contributed by atoms with Gasteiger partial charge in [-0.05, 0) is 36.7 Å². The average Bonchev–Trinajstić information content (AvgIpc) is 2.79. The lowest BCUT2D eigenvalue weighted by molar-refractivity contribution is 0.0643. The van der Waals surface area contributed by atoms with Crippen LogP contribution in [-0.4, -0.2) is 73.0 Å². The minimum Gasteiger partial charge on any atom is -0.497 e. The molecule has 1 aromatic carbocycles. The van der Waals surface area contributed by atoms with Gasteiger partial charge in [0.15, 0.2) is 0 Å². The van der Waals surface area contributed by atoms with Gasteiger partial charge in [-0.2, -0.15) is 0 Å². The molecule has 0 aliphatic carbocycles. The van der Waals surface area contributed by atoms with Crippen LogP contribution in [0.25, 0.3) is 0 Å². The molecule has 29 heavy (non-hydrogen) atoms. The zero-order chi connectivity index (χ0) is 20.6. The van der Waals surface area contributed by atoms with Crippen molar-refractivity contribution in [3.8, 4) is 5.75 Å². The molecule has 2 aromatic rings. The van der Waals surface area contributed by atoms with Crippen LogP contribution in [0.5, 0.6) is 5.75 Å². The number of nitrogens with zero attached hydrogens (tertiary/aromatic N) is 3. The molecule has 2 heterocycles. The van der Waals surface area contributed by atoms with E-state index < -0.39 is 0 Å². The molecule has 0 saturated carbocycles. The van der Waals surface area contributed by atoms with Gasteiger partial charge in [0.1, 0.15) is 5.75 Å². The van der Waals surface area contributed by atoms with Crippen molar-refractivity contribution in [3.05, 3.63) is 59.4 Å². The van der Waals surface area contributed by atoms with Crippen LogP contribution in [0.4, 0.5) is 0 Å². The summed E-state index contributed by atoms with van der Waals surface area (Å²) in [6, 6.07) is 9.38. The maximum absolute atomic E-state index is 12.7. The Morgan fingerprint density at radius 3 is 2.41 bits per heavy atom. The second-order valence-electron chi connectivity index (χ2n) is 7.04. The average molecular weight is 396 g/mol. The number of hydrogen-bond acceptors (Lipinski definition) is 5. The molecule has 7 heteroatoms. The molecule has 1 aromatic heterocycles. The predicted molar refractivity (Wildman–Crippen MR) is 111 cm³/mol. The molecule has 7 nitrogen and oxygen atoms in total. The molecule has 2 amide bonds. The smallest absolute Gasteiger partial charge is 0.255 e. The molecule has 1 N–H and O–H groups in total. The molecule has 1 saturated heterocycles. The standard InChI is InChI=1S/C22H28N4O3/c1-3-25-10-12-26(13-11-25)22(28)19-14-18(15-23-16-19)21(27)24-9-8-17-4-6-20(29-2)7-5-17/h4-7,14-16H,3,8-13H2,1-2H3,(H,24,27). The number of pyridine rings is 1. The fourth-order valence-electron chi connectivity index (χ4n) is 3.35. The molecular weight excluding hydrogens is 368 g/mol. The maximum atomic E-state index is 12.7. The van der Waals surface area contributed by atoms with Crippen molar-refractivity contribution in [3.63, 3.8) is 0 Å². The summed E-state index contributed by atoms with van der Waals surface area (Å²) in [5, 5.41) is 2.89. The summed E-state index contributed by atoms with van der Waals surface area (Å²) in [4.78, 5) is 33.5. The Hall–Kier alpha value is -2.93. The zero-order valence-corrected chi connectivity index (χ0v) is 17.1. The number of carbonyl (C=O) groups excluding carboxylic acids is 2. The number of ether oxygens (including phenoxy) is 1. The minimum atomic E-state index is -0.225. The first kappa shape index (κ1) is 20.8. The number of aromatic nitrogens is 1. The molecule has 1 aliphatic rings. The van der Waals surface area contributed by atoms with Crippen LogP contribution < -0.4 is 10.1 Å². The van der Waals surface area contributed by atoms with E-state index >= 15 is 0 Å². The molecular formula is C22H28N4O3. The van der Waals surface area contributed by atoms with E-state index in [1.54, 1.807) is 13.2 Å². The molecule has 0 unspecified atom stereocenters. The van der Waals surface area contributed by atoms with Crippen molar-refractivity contribution in [1.29, 1.82) is 0 Å². The summed E-state index contributed by atoms with van der Waals surface area (Å²) in [6.07, 6.45) is 3.74. The van der Waals surface area contributed by atoms with E-state index in [-0.39, 0.29) is 11.8 Å². The lowest BCUT2D eigenvalue weighted by Gasteiger charge is -2.34. The van der Waals surface area contributed by atoms with Crippen LogP contribution in [0.2, 0.25) is 0 Å². The second-order valence-corrected chi connectivity index (χ2v) is 7.04. The molecule has 1 aliphatic heterocycles. The third kappa shape index (κ3) is 5.54. The van der Waals surface area contributed by atoms with Crippen LogP contribution in [0.1, 0.15) is 33.2 Å². The van der Waals surface area contributed by atoms with E-state index in [4.69, 9.17) is 4.74 Å². The van der Waals surface area contributed by atoms with E-state index in [1.807, 2.05) is 29.2 Å². The van der Waals surface area contributed by atoms with Gasteiger partial charge in [-0.25, -0.2) is 0 Å². The van der Waals surface area contributed by atoms with Crippen LogP contribution >= 0.6 is 0 Å².